The summed E-state index contributed by atoms with van der Waals surface area (Å²) in [4.78, 5) is 26.8. The first kappa shape index (κ1) is 27.5. The van der Waals surface area contributed by atoms with Crippen molar-refractivity contribution in [3.8, 4) is 0 Å². The van der Waals surface area contributed by atoms with Crippen molar-refractivity contribution in [3.63, 3.8) is 0 Å². The van der Waals surface area contributed by atoms with Crippen LogP contribution < -0.4 is 21.6 Å². The Hall–Kier alpha value is -3.11. The van der Waals surface area contributed by atoms with Crippen LogP contribution in [-0.2, 0) is 13.9 Å². The van der Waals surface area contributed by atoms with Gasteiger partial charge in [0, 0.05) is 17.8 Å². The molecular weight excluding hydrogens is 515 g/mol. The molecule has 1 aromatic heterocycles. The molecular formula is C30H35FN2O5Si. The van der Waals surface area contributed by atoms with Crippen LogP contribution in [0.1, 0.15) is 47.6 Å². The molecule has 5 rings (SSSR count). The fourth-order valence-corrected chi connectivity index (χ4v) is 10.8. The van der Waals surface area contributed by atoms with Crippen LogP contribution in [0.4, 0.5) is 4.39 Å². The second-order valence-corrected chi connectivity index (χ2v) is 16.2. The van der Waals surface area contributed by atoms with Gasteiger partial charge in [-0.25, -0.2) is 9.18 Å². The Morgan fingerprint density at radius 2 is 1.54 bits per heavy atom. The molecule has 0 saturated carbocycles. The largest absolute Gasteiger partial charge is 0.403 e. The van der Waals surface area contributed by atoms with Crippen LogP contribution in [0.5, 0.6) is 0 Å². The number of H-pyrrole nitrogens is 1. The molecule has 0 bridgehead atoms. The average Bonchev–Trinajstić information content (AvgIpc) is 3.22. The number of nitrogens with zero attached hydrogens (tertiary/aromatic N) is 1. The van der Waals surface area contributed by atoms with Gasteiger partial charge in [-0.2, -0.15) is 0 Å². The Bertz CT molecular complexity index is 1470. The Balaban J connectivity index is 1.65. The van der Waals surface area contributed by atoms with Crippen molar-refractivity contribution < 1.29 is 18.3 Å². The third-order valence-corrected chi connectivity index (χ3v) is 12.8. The van der Waals surface area contributed by atoms with Crippen LogP contribution >= 0.6 is 0 Å². The number of benzene rings is 2. The van der Waals surface area contributed by atoms with Crippen molar-refractivity contribution >= 4 is 18.7 Å². The summed E-state index contributed by atoms with van der Waals surface area (Å²) < 4.78 is 37.3. The van der Waals surface area contributed by atoms with Crippen LogP contribution in [0.25, 0.3) is 0 Å². The smallest absolute Gasteiger partial charge is 0.329 e. The summed E-state index contributed by atoms with van der Waals surface area (Å²) in [6.07, 6.45) is 0.503. The predicted molar refractivity (Wildman–Crippen MR) is 151 cm³/mol. The van der Waals surface area contributed by atoms with Gasteiger partial charge >= 0.3 is 5.69 Å². The lowest BCUT2D eigenvalue weighted by molar-refractivity contribution is -0.168. The van der Waals surface area contributed by atoms with Crippen molar-refractivity contribution in [2.75, 3.05) is 6.61 Å². The Kier molecular flexibility index (Phi) is 6.70. The fourth-order valence-electron chi connectivity index (χ4n) is 6.30. The molecule has 1 saturated heterocycles. The van der Waals surface area contributed by atoms with E-state index in [0.29, 0.717) is 5.57 Å². The highest BCUT2D eigenvalue weighted by atomic mass is 28.4. The first-order valence-electron chi connectivity index (χ1n) is 13.1. The van der Waals surface area contributed by atoms with Crippen LogP contribution in [0.2, 0.25) is 5.04 Å². The molecule has 3 atom stereocenters. The highest BCUT2D eigenvalue weighted by molar-refractivity contribution is 6.99. The number of nitrogens with one attached hydrogen (secondary N) is 1. The topological polar surface area (TPSA) is 82.5 Å². The zero-order valence-electron chi connectivity index (χ0n) is 23.2. The van der Waals surface area contributed by atoms with Gasteiger partial charge in [-0.3, -0.25) is 14.3 Å². The minimum absolute atomic E-state index is 0.0482. The second-order valence-electron chi connectivity index (χ2n) is 11.9. The zero-order chi connectivity index (χ0) is 28.2. The molecule has 0 unspecified atom stereocenters. The van der Waals surface area contributed by atoms with Crippen LogP contribution in [0.15, 0.2) is 93.9 Å². The lowest BCUT2D eigenvalue weighted by Crippen LogP contribution is -2.66. The van der Waals surface area contributed by atoms with Crippen LogP contribution in [0, 0.1) is 0 Å². The summed E-state index contributed by atoms with van der Waals surface area (Å²) >= 11 is 0. The van der Waals surface area contributed by atoms with Crippen molar-refractivity contribution in [2.24, 2.45) is 0 Å². The zero-order valence-corrected chi connectivity index (χ0v) is 24.2. The molecule has 2 heterocycles. The average molecular weight is 551 g/mol. The number of aromatic nitrogens is 2. The van der Waals surface area contributed by atoms with Crippen LogP contribution in [-0.4, -0.2) is 42.0 Å². The van der Waals surface area contributed by atoms with Gasteiger partial charge in [0.1, 0.15) is 23.6 Å². The lowest BCUT2D eigenvalue weighted by Gasteiger charge is -2.43. The van der Waals surface area contributed by atoms with Gasteiger partial charge in [-0.1, -0.05) is 81.4 Å². The maximum atomic E-state index is 16.5. The maximum absolute atomic E-state index is 16.5. The van der Waals surface area contributed by atoms with Crippen molar-refractivity contribution in [1.29, 1.82) is 0 Å². The van der Waals surface area contributed by atoms with Crippen molar-refractivity contribution in [3.05, 3.63) is 105 Å². The van der Waals surface area contributed by atoms with Crippen LogP contribution in [0.3, 0.4) is 0 Å². The van der Waals surface area contributed by atoms with E-state index in [9.17, 15) is 9.59 Å². The number of fused-ring (bicyclic) bond motifs is 1. The predicted octanol–water partition coefficient (Wildman–Crippen LogP) is 3.80. The maximum Gasteiger partial charge on any atom is 0.329 e. The van der Waals surface area contributed by atoms with E-state index in [1.165, 1.54) is 16.8 Å². The third kappa shape index (κ3) is 4.47. The third-order valence-electron chi connectivity index (χ3n) is 7.78. The Morgan fingerprint density at radius 3 is 2.05 bits per heavy atom. The van der Waals surface area contributed by atoms with E-state index in [1.54, 1.807) is 20.8 Å². The molecule has 206 valence electrons. The molecule has 2 aliphatic rings. The molecule has 1 aliphatic carbocycles. The van der Waals surface area contributed by atoms with E-state index >= 15 is 4.39 Å². The number of aromatic amines is 1. The van der Waals surface area contributed by atoms with Crippen molar-refractivity contribution in [2.45, 2.75) is 70.1 Å². The van der Waals surface area contributed by atoms with Crippen molar-refractivity contribution in [1.82, 2.24) is 9.55 Å². The minimum Gasteiger partial charge on any atom is -0.403 e. The first-order chi connectivity index (χ1) is 18.3. The number of hydrogen-bond acceptors (Lipinski definition) is 5. The molecule has 1 aliphatic heterocycles. The molecule has 2 aromatic carbocycles. The number of halogens is 1. The molecule has 1 N–H and O–H groups in total. The molecule has 9 heteroatoms. The highest BCUT2D eigenvalue weighted by Gasteiger charge is 2.63. The molecule has 0 radical (unpaired) electrons. The summed E-state index contributed by atoms with van der Waals surface area (Å²) in [6, 6.07) is 20.3. The Labute approximate surface area is 228 Å². The quantitative estimate of drug-likeness (QED) is 0.472. The van der Waals surface area contributed by atoms with Gasteiger partial charge in [0.05, 0.1) is 6.61 Å². The summed E-state index contributed by atoms with van der Waals surface area (Å²) in [5, 5.41) is 1.83. The summed E-state index contributed by atoms with van der Waals surface area (Å²) in [7, 11) is -2.98. The van der Waals surface area contributed by atoms with E-state index in [-0.39, 0.29) is 11.6 Å². The second kappa shape index (κ2) is 9.52. The monoisotopic (exact) mass is 550 g/mol. The SMILES string of the molecule is CC1(C)O[C@@H]2C(CO[Si](c3ccccc3)(c3ccccc3)C(C)(C)C)=C(F)[C@@H](n3ccc(=O)[nH]c3=O)[C@]2(C)O1. The number of hydrogen-bond donors (Lipinski definition) is 1. The molecule has 0 amide bonds. The standard InChI is InChI=1S/C30H35FN2O5Si/c1-28(2,3)39(20-13-9-7-10-14-20,21-15-11-8-12-16-21)36-19-22-24(31)25(33-18-17-23(34)32-27(33)35)30(6)26(22)37-29(4,5)38-30/h7-18,25-26H,19H2,1-6H3,(H,32,34,35)/t25-,26-,30+/m1/s1. The molecule has 39 heavy (non-hydrogen) atoms. The summed E-state index contributed by atoms with van der Waals surface area (Å²) in [6.45, 7) is 11.7. The van der Waals surface area contributed by atoms with E-state index in [0.717, 1.165) is 10.4 Å². The molecule has 0 spiro atoms. The lowest BCUT2D eigenvalue weighted by atomic mass is 9.95. The fraction of sp³-hybridized carbons (Fsp3) is 0.400. The summed E-state index contributed by atoms with van der Waals surface area (Å²) in [5.41, 5.74) is -2.21. The van der Waals surface area contributed by atoms with Gasteiger partial charge in [0.25, 0.3) is 13.9 Å². The van der Waals surface area contributed by atoms with E-state index < -0.39 is 48.9 Å². The number of rotatable bonds is 6. The van der Waals surface area contributed by atoms with Gasteiger partial charge in [-0.15, -0.1) is 0 Å². The van der Waals surface area contributed by atoms with E-state index in [1.807, 2.05) is 36.4 Å². The van der Waals surface area contributed by atoms with Gasteiger partial charge < -0.3 is 13.9 Å². The first-order valence-corrected chi connectivity index (χ1v) is 15.0. The Morgan fingerprint density at radius 1 is 0.974 bits per heavy atom. The normalized spacial score (nSPS) is 24.7. The minimum atomic E-state index is -2.98. The molecule has 3 aromatic rings. The van der Waals surface area contributed by atoms with Gasteiger partial charge in [-0.05, 0) is 36.2 Å². The summed E-state index contributed by atoms with van der Waals surface area (Å²) in [5.74, 6) is -1.57. The van der Waals surface area contributed by atoms with Gasteiger partial charge in [0.15, 0.2) is 5.79 Å². The van der Waals surface area contributed by atoms with E-state index in [4.69, 9.17) is 13.9 Å². The van der Waals surface area contributed by atoms with Gasteiger partial charge in [0.2, 0.25) is 0 Å². The number of ether oxygens (including phenoxy) is 2. The highest BCUT2D eigenvalue weighted by Crippen LogP contribution is 2.54. The van der Waals surface area contributed by atoms with E-state index in [2.05, 4.69) is 50.0 Å². The molecule has 7 nitrogen and oxygen atoms in total. The molecule has 1 fully saturated rings.